The van der Waals surface area contributed by atoms with Gasteiger partial charge in [0.1, 0.15) is 0 Å². The second-order valence-corrected chi connectivity index (χ2v) is 6.04. The number of rotatable bonds is 5. The van der Waals surface area contributed by atoms with Gasteiger partial charge < -0.3 is 5.32 Å². The fourth-order valence-electron chi connectivity index (χ4n) is 3.31. The molecule has 1 aromatic heterocycles. The average molecular weight is 280 g/mol. The average Bonchev–Trinajstić information content (AvgIpc) is 2.58. The largest absolute Gasteiger partial charge is 0.306 e. The standard InChI is InChI=1S/C19H24N2/c1-3-7-16(8-4-1)15-21-19(17-9-5-2-6-10-17)18-11-13-20-14-12-18/h2,5-6,9-14,16,19,21H,1,3-4,7-8,15H2. The summed E-state index contributed by atoms with van der Waals surface area (Å²) in [6, 6.07) is 15.2. The Morgan fingerprint density at radius 1 is 0.905 bits per heavy atom. The second kappa shape index (κ2) is 7.37. The minimum absolute atomic E-state index is 0.274. The minimum atomic E-state index is 0.274. The van der Waals surface area contributed by atoms with Crippen LogP contribution in [-0.4, -0.2) is 11.5 Å². The van der Waals surface area contributed by atoms with Crippen molar-refractivity contribution in [2.24, 2.45) is 5.92 Å². The highest BCUT2D eigenvalue weighted by Gasteiger charge is 2.17. The molecule has 2 aromatic rings. The van der Waals surface area contributed by atoms with Gasteiger partial charge in [0.25, 0.3) is 0 Å². The molecule has 0 radical (unpaired) electrons. The molecule has 1 fully saturated rings. The Hall–Kier alpha value is -1.67. The molecule has 1 aromatic carbocycles. The van der Waals surface area contributed by atoms with Crippen LogP contribution in [-0.2, 0) is 0 Å². The van der Waals surface area contributed by atoms with E-state index < -0.39 is 0 Å². The first kappa shape index (κ1) is 14.3. The lowest BCUT2D eigenvalue weighted by Gasteiger charge is -2.26. The number of aromatic nitrogens is 1. The van der Waals surface area contributed by atoms with Gasteiger partial charge in [0.15, 0.2) is 0 Å². The predicted molar refractivity (Wildman–Crippen MR) is 87.1 cm³/mol. The first-order valence-electron chi connectivity index (χ1n) is 8.12. The first-order valence-corrected chi connectivity index (χ1v) is 8.12. The van der Waals surface area contributed by atoms with E-state index in [1.165, 1.54) is 43.2 Å². The molecule has 1 aliphatic rings. The SMILES string of the molecule is c1ccc(C(NCC2CCCCC2)c2ccncc2)cc1. The molecule has 0 saturated heterocycles. The van der Waals surface area contributed by atoms with Crippen LogP contribution in [0.4, 0.5) is 0 Å². The quantitative estimate of drug-likeness (QED) is 0.881. The molecule has 1 N–H and O–H groups in total. The van der Waals surface area contributed by atoms with Crippen LogP contribution in [0, 0.1) is 5.92 Å². The van der Waals surface area contributed by atoms with Gasteiger partial charge in [-0.15, -0.1) is 0 Å². The summed E-state index contributed by atoms with van der Waals surface area (Å²) in [6.45, 7) is 1.11. The third-order valence-corrected chi connectivity index (χ3v) is 4.51. The lowest BCUT2D eigenvalue weighted by atomic mass is 9.88. The molecule has 21 heavy (non-hydrogen) atoms. The number of hydrogen-bond acceptors (Lipinski definition) is 2. The van der Waals surface area contributed by atoms with Gasteiger partial charge in [0.05, 0.1) is 6.04 Å². The summed E-state index contributed by atoms with van der Waals surface area (Å²) in [5.41, 5.74) is 2.63. The predicted octanol–water partition coefficient (Wildman–Crippen LogP) is 4.34. The lowest BCUT2D eigenvalue weighted by molar-refractivity contribution is 0.335. The van der Waals surface area contributed by atoms with Crippen molar-refractivity contribution in [2.75, 3.05) is 6.54 Å². The molecule has 2 nitrogen and oxygen atoms in total. The van der Waals surface area contributed by atoms with E-state index in [-0.39, 0.29) is 6.04 Å². The van der Waals surface area contributed by atoms with Crippen LogP contribution in [0.15, 0.2) is 54.9 Å². The Balaban J connectivity index is 1.73. The van der Waals surface area contributed by atoms with Crippen molar-refractivity contribution in [3.8, 4) is 0 Å². The second-order valence-electron chi connectivity index (χ2n) is 6.04. The zero-order chi connectivity index (χ0) is 14.3. The number of nitrogens with one attached hydrogen (secondary N) is 1. The molecule has 2 heteroatoms. The van der Waals surface area contributed by atoms with Gasteiger partial charge in [-0.1, -0.05) is 49.6 Å². The molecule has 0 aliphatic heterocycles. The number of pyridine rings is 1. The highest BCUT2D eigenvalue weighted by atomic mass is 14.9. The van der Waals surface area contributed by atoms with Gasteiger partial charge in [-0.2, -0.15) is 0 Å². The van der Waals surface area contributed by atoms with E-state index in [9.17, 15) is 0 Å². The maximum atomic E-state index is 4.14. The van der Waals surface area contributed by atoms with E-state index in [1.807, 2.05) is 12.4 Å². The summed E-state index contributed by atoms with van der Waals surface area (Å²) in [7, 11) is 0. The third kappa shape index (κ3) is 3.92. The molecule has 0 spiro atoms. The van der Waals surface area contributed by atoms with Crippen molar-refractivity contribution >= 4 is 0 Å². The maximum Gasteiger partial charge on any atom is 0.0577 e. The normalized spacial score (nSPS) is 17.5. The summed E-state index contributed by atoms with van der Waals surface area (Å²) >= 11 is 0. The van der Waals surface area contributed by atoms with Crippen LogP contribution >= 0.6 is 0 Å². The molecule has 3 rings (SSSR count). The van der Waals surface area contributed by atoms with Crippen LogP contribution < -0.4 is 5.32 Å². The molecule has 1 atom stereocenters. The van der Waals surface area contributed by atoms with Crippen molar-refractivity contribution in [3.63, 3.8) is 0 Å². The van der Waals surface area contributed by atoms with Gasteiger partial charge >= 0.3 is 0 Å². The maximum absolute atomic E-state index is 4.14. The van der Waals surface area contributed by atoms with E-state index in [4.69, 9.17) is 0 Å². The highest BCUT2D eigenvalue weighted by Crippen LogP contribution is 2.26. The van der Waals surface area contributed by atoms with Crippen LogP contribution in [0.1, 0.15) is 49.3 Å². The highest BCUT2D eigenvalue weighted by molar-refractivity contribution is 5.30. The van der Waals surface area contributed by atoms with Crippen molar-refractivity contribution in [3.05, 3.63) is 66.0 Å². The van der Waals surface area contributed by atoms with E-state index in [1.54, 1.807) is 0 Å². The summed E-state index contributed by atoms with van der Waals surface area (Å²) < 4.78 is 0. The number of benzene rings is 1. The topological polar surface area (TPSA) is 24.9 Å². The van der Waals surface area contributed by atoms with Gasteiger partial charge in [-0.25, -0.2) is 0 Å². The van der Waals surface area contributed by atoms with Crippen molar-refractivity contribution in [1.29, 1.82) is 0 Å². The Kier molecular flexibility index (Phi) is 5.01. The van der Waals surface area contributed by atoms with Gasteiger partial charge in [-0.3, -0.25) is 4.98 Å². The smallest absolute Gasteiger partial charge is 0.0577 e. The van der Waals surface area contributed by atoms with Crippen molar-refractivity contribution in [1.82, 2.24) is 10.3 Å². The Labute approximate surface area is 127 Å². The molecule has 1 saturated carbocycles. The molecular formula is C19H24N2. The monoisotopic (exact) mass is 280 g/mol. The first-order chi connectivity index (χ1) is 10.4. The summed E-state index contributed by atoms with van der Waals surface area (Å²) in [4.78, 5) is 4.14. The van der Waals surface area contributed by atoms with Crippen LogP contribution in [0.3, 0.4) is 0 Å². The van der Waals surface area contributed by atoms with E-state index in [0.29, 0.717) is 0 Å². The summed E-state index contributed by atoms with van der Waals surface area (Å²) in [6.07, 6.45) is 10.7. The fourth-order valence-corrected chi connectivity index (χ4v) is 3.31. The van der Waals surface area contributed by atoms with Crippen LogP contribution in [0.25, 0.3) is 0 Å². The number of hydrogen-bond donors (Lipinski definition) is 1. The number of nitrogens with zero attached hydrogens (tertiary/aromatic N) is 1. The van der Waals surface area contributed by atoms with Gasteiger partial charge in [0.2, 0.25) is 0 Å². The molecular weight excluding hydrogens is 256 g/mol. The zero-order valence-electron chi connectivity index (χ0n) is 12.5. The Morgan fingerprint density at radius 3 is 2.29 bits per heavy atom. The molecule has 1 heterocycles. The lowest BCUT2D eigenvalue weighted by Crippen LogP contribution is -2.29. The summed E-state index contributed by atoms with van der Waals surface area (Å²) in [5.74, 6) is 0.840. The summed E-state index contributed by atoms with van der Waals surface area (Å²) in [5, 5.41) is 3.79. The van der Waals surface area contributed by atoms with Crippen molar-refractivity contribution < 1.29 is 0 Å². The minimum Gasteiger partial charge on any atom is -0.306 e. The van der Waals surface area contributed by atoms with Crippen LogP contribution in [0.2, 0.25) is 0 Å². The van der Waals surface area contributed by atoms with E-state index >= 15 is 0 Å². The van der Waals surface area contributed by atoms with Gasteiger partial charge in [-0.05, 0) is 48.6 Å². The Bertz CT molecular complexity index is 478. The van der Waals surface area contributed by atoms with Crippen LogP contribution in [0.5, 0.6) is 0 Å². The molecule has 110 valence electrons. The van der Waals surface area contributed by atoms with E-state index in [2.05, 4.69) is 52.8 Å². The molecule has 0 bridgehead atoms. The molecule has 0 amide bonds. The fraction of sp³-hybridized carbons (Fsp3) is 0.421. The van der Waals surface area contributed by atoms with E-state index in [0.717, 1.165) is 12.5 Å². The van der Waals surface area contributed by atoms with Gasteiger partial charge in [0, 0.05) is 12.4 Å². The molecule has 1 aliphatic carbocycles. The molecule has 1 unspecified atom stereocenters. The third-order valence-electron chi connectivity index (χ3n) is 4.51. The zero-order valence-corrected chi connectivity index (χ0v) is 12.5. The van der Waals surface area contributed by atoms with Crippen molar-refractivity contribution in [2.45, 2.75) is 38.1 Å². The Morgan fingerprint density at radius 2 is 1.57 bits per heavy atom.